The number of ether oxygens (including phenoxy) is 2. The Hall–Kier alpha value is -4.26. The standard InChI is InChI=1S/C24H17NO6/c1-30-18-10-8-17(9-11-18)25-22(27)19-12-7-16(13-20(19)23(25)28)24(29)31-14-21(26)15-5-3-2-4-6-15/h2-13H,14H2,1H3. The molecule has 3 aromatic carbocycles. The number of nitrogens with zero attached hydrogens (tertiary/aromatic N) is 1. The number of fused-ring (bicyclic) bond motifs is 1. The van der Waals surface area contributed by atoms with Crippen molar-refractivity contribution in [3.63, 3.8) is 0 Å². The van der Waals surface area contributed by atoms with E-state index in [2.05, 4.69) is 0 Å². The van der Waals surface area contributed by atoms with Crippen molar-refractivity contribution in [3.8, 4) is 5.75 Å². The van der Waals surface area contributed by atoms with Crippen LogP contribution < -0.4 is 9.64 Å². The Kier molecular flexibility index (Phi) is 5.32. The summed E-state index contributed by atoms with van der Waals surface area (Å²) in [6.07, 6.45) is 0. The van der Waals surface area contributed by atoms with E-state index in [-0.39, 0.29) is 22.5 Å². The molecule has 2 amide bonds. The van der Waals surface area contributed by atoms with Crippen LogP contribution in [-0.4, -0.2) is 37.3 Å². The highest BCUT2D eigenvalue weighted by atomic mass is 16.5. The predicted molar refractivity (Wildman–Crippen MR) is 112 cm³/mol. The van der Waals surface area contributed by atoms with Crippen LogP contribution in [0, 0.1) is 0 Å². The molecule has 0 aromatic heterocycles. The maximum Gasteiger partial charge on any atom is 0.338 e. The SMILES string of the molecule is COc1ccc(N2C(=O)c3ccc(C(=O)OCC(=O)c4ccccc4)cc3C2=O)cc1. The summed E-state index contributed by atoms with van der Waals surface area (Å²) in [4.78, 5) is 51.1. The Balaban J connectivity index is 1.51. The first-order chi connectivity index (χ1) is 15.0. The Labute approximate surface area is 177 Å². The third kappa shape index (κ3) is 3.81. The van der Waals surface area contributed by atoms with Gasteiger partial charge in [-0.2, -0.15) is 0 Å². The van der Waals surface area contributed by atoms with Crippen molar-refractivity contribution in [1.82, 2.24) is 0 Å². The molecule has 7 heteroatoms. The summed E-state index contributed by atoms with van der Waals surface area (Å²) in [6, 6.07) is 19.1. The lowest BCUT2D eigenvalue weighted by atomic mass is 10.1. The number of hydrogen-bond donors (Lipinski definition) is 0. The molecule has 0 saturated heterocycles. The summed E-state index contributed by atoms with van der Waals surface area (Å²) in [6.45, 7) is -0.426. The van der Waals surface area contributed by atoms with Gasteiger partial charge in [0.05, 0.1) is 29.5 Å². The Morgan fingerprint density at radius 2 is 1.48 bits per heavy atom. The Bertz CT molecular complexity index is 1180. The first-order valence-electron chi connectivity index (χ1n) is 9.42. The summed E-state index contributed by atoms with van der Waals surface area (Å²) >= 11 is 0. The normalized spacial score (nSPS) is 12.5. The van der Waals surface area contributed by atoms with Crippen molar-refractivity contribution >= 4 is 29.3 Å². The minimum atomic E-state index is -0.754. The van der Waals surface area contributed by atoms with E-state index in [0.29, 0.717) is 17.0 Å². The van der Waals surface area contributed by atoms with Gasteiger partial charge in [-0.3, -0.25) is 14.4 Å². The zero-order chi connectivity index (χ0) is 22.0. The van der Waals surface area contributed by atoms with Crippen molar-refractivity contribution in [2.75, 3.05) is 18.6 Å². The second-order valence-corrected chi connectivity index (χ2v) is 6.77. The van der Waals surface area contributed by atoms with E-state index in [1.165, 1.54) is 25.3 Å². The van der Waals surface area contributed by atoms with Gasteiger partial charge in [0.1, 0.15) is 5.75 Å². The van der Waals surface area contributed by atoms with Crippen LogP contribution >= 0.6 is 0 Å². The van der Waals surface area contributed by atoms with E-state index >= 15 is 0 Å². The van der Waals surface area contributed by atoms with E-state index in [1.807, 2.05) is 0 Å². The van der Waals surface area contributed by atoms with E-state index in [4.69, 9.17) is 9.47 Å². The van der Waals surface area contributed by atoms with Crippen LogP contribution in [0.3, 0.4) is 0 Å². The van der Waals surface area contributed by atoms with E-state index in [1.54, 1.807) is 54.6 Å². The molecule has 3 aromatic rings. The molecule has 0 saturated carbocycles. The van der Waals surface area contributed by atoms with Crippen LogP contribution in [0.4, 0.5) is 5.69 Å². The average Bonchev–Trinajstić information content (AvgIpc) is 3.07. The lowest BCUT2D eigenvalue weighted by Crippen LogP contribution is -2.29. The van der Waals surface area contributed by atoms with Gasteiger partial charge in [0, 0.05) is 5.56 Å². The molecular formula is C24H17NO6. The summed E-state index contributed by atoms with van der Waals surface area (Å²) in [5.41, 5.74) is 1.20. The van der Waals surface area contributed by atoms with Crippen molar-refractivity contribution in [1.29, 1.82) is 0 Å². The van der Waals surface area contributed by atoms with Crippen molar-refractivity contribution < 1.29 is 28.7 Å². The Morgan fingerprint density at radius 3 is 2.16 bits per heavy atom. The molecule has 7 nitrogen and oxygen atoms in total. The number of amides is 2. The largest absolute Gasteiger partial charge is 0.497 e. The fourth-order valence-electron chi connectivity index (χ4n) is 3.26. The molecule has 0 atom stereocenters. The highest BCUT2D eigenvalue weighted by Gasteiger charge is 2.37. The predicted octanol–water partition coefficient (Wildman–Crippen LogP) is 3.54. The van der Waals surface area contributed by atoms with Gasteiger partial charge in [-0.05, 0) is 42.5 Å². The van der Waals surface area contributed by atoms with Gasteiger partial charge in [0.25, 0.3) is 11.8 Å². The molecule has 1 aliphatic rings. The average molecular weight is 415 g/mol. The lowest BCUT2D eigenvalue weighted by molar-refractivity contribution is 0.0474. The fraction of sp³-hybridized carbons (Fsp3) is 0.0833. The molecule has 1 heterocycles. The first-order valence-corrected chi connectivity index (χ1v) is 9.42. The van der Waals surface area contributed by atoms with Crippen LogP contribution in [0.15, 0.2) is 72.8 Å². The number of benzene rings is 3. The molecule has 31 heavy (non-hydrogen) atoms. The molecule has 0 fully saturated rings. The molecule has 0 N–H and O–H groups in total. The maximum atomic E-state index is 12.9. The molecule has 1 aliphatic heterocycles. The smallest absolute Gasteiger partial charge is 0.338 e. The first kappa shape index (κ1) is 20.0. The monoisotopic (exact) mass is 415 g/mol. The third-order valence-corrected chi connectivity index (χ3v) is 4.88. The number of hydrogen-bond acceptors (Lipinski definition) is 6. The van der Waals surface area contributed by atoms with Crippen molar-refractivity contribution in [2.24, 2.45) is 0 Å². The second kappa shape index (κ2) is 8.23. The van der Waals surface area contributed by atoms with Gasteiger partial charge in [-0.25, -0.2) is 9.69 Å². The minimum Gasteiger partial charge on any atom is -0.497 e. The maximum absolute atomic E-state index is 12.9. The molecule has 0 bridgehead atoms. The minimum absolute atomic E-state index is 0.0809. The molecule has 4 rings (SSSR count). The van der Waals surface area contributed by atoms with Gasteiger partial charge in [-0.1, -0.05) is 30.3 Å². The third-order valence-electron chi connectivity index (χ3n) is 4.88. The lowest BCUT2D eigenvalue weighted by Gasteiger charge is -2.14. The summed E-state index contributed by atoms with van der Waals surface area (Å²) < 4.78 is 10.2. The van der Waals surface area contributed by atoms with Crippen LogP contribution in [0.2, 0.25) is 0 Å². The number of carbonyl (C=O) groups excluding carboxylic acids is 4. The van der Waals surface area contributed by atoms with Crippen molar-refractivity contribution in [2.45, 2.75) is 0 Å². The second-order valence-electron chi connectivity index (χ2n) is 6.77. The quantitative estimate of drug-likeness (QED) is 0.348. The zero-order valence-electron chi connectivity index (χ0n) is 16.5. The van der Waals surface area contributed by atoms with Gasteiger partial charge in [0.15, 0.2) is 12.4 Å². The number of Topliss-reactive ketones (excluding diaryl/α,β-unsaturated/α-hetero) is 1. The number of ketones is 1. The molecule has 0 aliphatic carbocycles. The molecular weight excluding hydrogens is 398 g/mol. The van der Waals surface area contributed by atoms with Gasteiger partial charge >= 0.3 is 5.97 Å². The van der Waals surface area contributed by atoms with E-state index in [9.17, 15) is 19.2 Å². The molecule has 0 unspecified atom stereocenters. The van der Waals surface area contributed by atoms with Crippen LogP contribution in [0.25, 0.3) is 0 Å². The zero-order valence-corrected chi connectivity index (χ0v) is 16.5. The van der Waals surface area contributed by atoms with Gasteiger partial charge < -0.3 is 9.47 Å². The van der Waals surface area contributed by atoms with Gasteiger partial charge in [0.2, 0.25) is 0 Å². The highest BCUT2D eigenvalue weighted by molar-refractivity contribution is 6.34. The number of rotatable bonds is 6. The number of esters is 1. The van der Waals surface area contributed by atoms with Gasteiger partial charge in [-0.15, -0.1) is 0 Å². The number of anilines is 1. The van der Waals surface area contributed by atoms with E-state index < -0.39 is 24.4 Å². The van der Waals surface area contributed by atoms with Crippen LogP contribution in [0.1, 0.15) is 41.4 Å². The molecule has 0 radical (unpaired) electrons. The number of imide groups is 1. The molecule has 154 valence electrons. The van der Waals surface area contributed by atoms with Crippen molar-refractivity contribution in [3.05, 3.63) is 95.1 Å². The number of methoxy groups -OCH3 is 1. The summed E-state index contributed by atoms with van der Waals surface area (Å²) in [5, 5.41) is 0. The topological polar surface area (TPSA) is 90.0 Å². The van der Waals surface area contributed by atoms with Crippen LogP contribution in [-0.2, 0) is 4.74 Å². The Morgan fingerprint density at radius 1 is 0.806 bits per heavy atom. The number of carbonyl (C=O) groups is 4. The summed E-state index contributed by atoms with van der Waals surface area (Å²) in [5.74, 6) is -1.53. The van der Waals surface area contributed by atoms with E-state index in [0.717, 1.165) is 4.90 Å². The highest BCUT2D eigenvalue weighted by Crippen LogP contribution is 2.30. The fourth-order valence-corrected chi connectivity index (χ4v) is 3.26. The molecule has 0 spiro atoms. The summed E-state index contributed by atoms with van der Waals surface area (Å²) in [7, 11) is 1.52. The van der Waals surface area contributed by atoms with Crippen LogP contribution in [0.5, 0.6) is 5.75 Å².